The topological polar surface area (TPSA) is 124 Å². The first-order chi connectivity index (χ1) is 17.7. The second-order valence-electron chi connectivity index (χ2n) is 8.73. The van der Waals surface area contributed by atoms with E-state index in [2.05, 4.69) is 20.3 Å². The SMILES string of the molecule is O=C(Nc1cncc(OC[C@H](O)CO)c1)N1c2nc(-c3cccc(C(F)(F)F)c3)ncc2N2CCC1C2. The molecule has 5 rings (SSSR count). The molecule has 0 spiro atoms. The highest BCUT2D eigenvalue weighted by Gasteiger charge is 2.41. The van der Waals surface area contributed by atoms with E-state index in [0.717, 1.165) is 12.1 Å². The minimum Gasteiger partial charge on any atom is -0.489 e. The van der Waals surface area contributed by atoms with Gasteiger partial charge in [0.15, 0.2) is 11.6 Å². The molecule has 1 saturated heterocycles. The monoisotopic (exact) mass is 516 g/mol. The van der Waals surface area contributed by atoms with E-state index >= 15 is 0 Å². The van der Waals surface area contributed by atoms with Crippen molar-refractivity contribution < 1.29 is 32.9 Å². The van der Waals surface area contributed by atoms with Gasteiger partial charge in [0, 0.05) is 24.7 Å². The predicted molar refractivity (Wildman–Crippen MR) is 127 cm³/mol. The summed E-state index contributed by atoms with van der Waals surface area (Å²) < 4.78 is 45.1. The van der Waals surface area contributed by atoms with Gasteiger partial charge in [-0.25, -0.2) is 14.8 Å². The summed E-state index contributed by atoms with van der Waals surface area (Å²) in [6.45, 7) is 0.655. The number of aromatic nitrogens is 3. The minimum absolute atomic E-state index is 0.0738. The number of pyridine rings is 1. The average molecular weight is 516 g/mol. The zero-order chi connectivity index (χ0) is 26.2. The van der Waals surface area contributed by atoms with E-state index in [1.54, 1.807) is 0 Å². The predicted octanol–water partition coefficient (Wildman–Crippen LogP) is 2.92. The number of carbonyl (C=O) groups is 1. The lowest BCUT2D eigenvalue weighted by Crippen LogP contribution is -2.48. The Labute approximate surface area is 209 Å². The molecule has 2 aliphatic rings. The van der Waals surface area contributed by atoms with Gasteiger partial charge in [-0.3, -0.25) is 9.88 Å². The van der Waals surface area contributed by atoms with Gasteiger partial charge in [0.1, 0.15) is 18.5 Å². The van der Waals surface area contributed by atoms with Crippen LogP contribution in [0.15, 0.2) is 48.9 Å². The van der Waals surface area contributed by atoms with Crippen molar-refractivity contribution in [2.24, 2.45) is 0 Å². The van der Waals surface area contributed by atoms with E-state index in [-0.39, 0.29) is 29.8 Å². The van der Waals surface area contributed by atoms with E-state index in [1.165, 1.54) is 41.7 Å². The van der Waals surface area contributed by atoms with Crippen LogP contribution in [0, 0.1) is 0 Å². The fourth-order valence-electron chi connectivity index (χ4n) is 4.34. The zero-order valence-electron chi connectivity index (χ0n) is 19.4. The van der Waals surface area contributed by atoms with Crippen LogP contribution < -0.4 is 19.9 Å². The lowest BCUT2D eigenvalue weighted by Gasteiger charge is -2.35. The Bertz CT molecular complexity index is 1310. The van der Waals surface area contributed by atoms with Gasteiger partial charge >= 0.3 is 12.2 Å². The number of urea groups is 1. The maximum absolute atomic E-state index is 13.4. The van der Waals surface area contributed by atoms with Gasteiger partial charge in [-0.1, -0.05) is 12.1 Å². The van der Waals surface area contributed by atoms with Gasteiger partial charge < -0.3 is 25.2 Å². The van der Waals surface area contributed by atoms with E-state index in [1.807, 2.05) is 4.90 Å². The van der Waals surface area contributed by atoms with Crippen molar-refractivity contribution in [2.45, 2.75) is 24.7 Å². The summed E-state index contributed by atoms with van der Waals surface area (Å²) in [5.74, 6) is 0.662. The molecule has 2 aliphatic heterocycles. The molecule has 3 N–H and O–H groups in total. The Balaban J connectivity index is 1.42. The summed E-state index contributed by atoms with van der Waals surface area (Å²) in [6, 6.07) is 5.58. The van der Waals surface area contributed by atoms with E-state index < -0.39 is 30.5 Å². The van der Waals surface area contributed by atoms with Crippen LogP contribution in [-0.4, -0.2) is 69.6 Å². The second-order valence-corrected chi connectivity index (χ2v) is 8.73. The maximum Gasteiger partial charge on any atom is 0.416 e. The number of alkyl halides is 3. The first-order valence-corrected chi connectivity index (χ1v) is 11.5. The molecule has 3 aromatic rings. The van der Waals surface area contributed by atoms with Gasteiger partial charge in [0.25, 0.3) is 0 Å². The number of aliphatic hydroxyl groups excluding tert-OH is 2. The van der Waals surface area contributed by atoms with Gasteiger partial charge in [-0.05, 0) is 18.6 Å². The van der Waals surface area contributed by atoms with Crippen LogP contribution in [0.1, 0.15) is 12.0 Å². The highest BCUT2D eigenvalue weighted by molar-refractivity contribution is 6.04. The number of halogens is 3. The number of benzene rings is 1. The highest BCUT2D eigenvalue weighted by Crippen LogP contribution is 2.40. The van der Waals surface area contributed by atoms with Crippen molar-refractivity contribution in [2.75, 3.05) is 41.4 Å². The number of rotatable bonds is 6. The number of ether oxygens (including phenoxy) is 1. The summed E-state index contributed by atoms with van der Waals surface area (Å²) in [5.41, 5.74) is 0.318. The molecule has 13 heteroatoms. The molecule has 2 aromatic heterocycles. The second kappa shape index (κ2) is 9.82. The van der Waals surface area contributed by atoms with Crippen LogP contribution in [0.4, 0.5) is 35.2 Å². The van der Waals surface area contributed by atoms with Gasteiger partial charge in [0.2, 0.25) is 0 Å². The third-order valence-electron chi connectivity index (χ3n) is 6.13. The molecule has 37 heavy (non-hydrogen) atoms. The fourth-order valence-corrected chi connectivity index (χ4v) is 4.34. The van der Waals surface area contributed by atoms with Crippen molar-refractivity contribution in [1.29, 1.82) is 0 Å². The highest BCUT2D eigenvalue weighted by atomic mass is 19.4. The molecular weight excluding hydrogens is 493 g/mol. The fraction of sp³-hybridized carbons (Fsp3) is 0.333. The van der Waals surface area contributed by atoms with Gasteiger partial charge in [-0.15, -0.1) is 0 Å². The van der Waals surface area contributed by atoms with Crippen LogP contribution in [0.3, 0.4) is 0 Å². The summed E-state index contributed by atoms with van der Waals surface area (Å²) >= 11 is 0. The summed E-state index contributed by atoms with van der Waals surface area (Å²) in [4.78, 5) is 29.8. The van der Waals surface area contributed by atoms with Crippen molar-refractivity contribution in [3.63, 3.8) is 0 Å². The normalized spacial score (nSPS) is 17.4. The number of hydrogen-bond donors (Lipinski definition) is 3. The third kappa shape index (κ3) is 5.13. The molecule has 0 radical (unpaired) electrons. The van der Waals surface area contributed by atoms with Gasteiger partial charge in [0.05, 0.1) is 48.2 Å². The Morgan fingerprint density at radius 2 is 2.08 bits per heavy atom. The van der Waals surface area contributed by atoms with E-state index in [4.69, 9.17) is 9.84 Å². The number of carbonyl (C=O) groups excluding carboxylic acids is 1. The molecule has 2 atom stereocenters. The average Bonchev–Trinajstić information content (AvgIpc) is 3.31. The largest absolute Gasteiger partial charge is 0.489 e. The number of aliphatic hydroxyl groups is 2. The molecular formula is C24H23F3N6O4. The zero-order valence-corrected chi connectivity index (χ0v) is 19.4. The minimum atomic E-state index is -4.51. The molecule has 10 nitrogen and oxygen atoms in total. The quantitative estimate of drug-likeness (QED) is 0.457. The number of hydrogen-bond acceptors (Lipinski definition) is 8. The van der Waals surface area contributed by atoms with E-state index in [9.17, 15) is 23.1 Å². The Morgan fingerprint density at radius 3 is 2.86 bits per heavy atom. The van der Waals surface area contributed by atoms with Gasteiger partial charge in [-0.2, -0.15) is 13.2 Å². The summed E-state index contributed by atoms with van der Waals surface area (Å²) in [7, 11) is 0. The maximum atomic E-state index is 13.4. The lowest BCUT2D eigenvalue weighted by molar-refractivity contribution is -0.137. The van der Waals surface area contributed by atoms with Crippen molar-refractivity contribution >= 4 is 23.2 Å². The molecule has 1 unspecified atom stereocenters. The van der Waals surface area contributed by atoms with Crippen LogP contribution >= 0.6 is 0 Å². The van der Waals surface area contributed by atoms with Crippen LogP contribution in [0.5, 0.6) is 5.75 Å². The first kappa shape index (κ1) is 24.7. The molecule has 2 amide bonds. The standard InChI is InChI=1S/C24H23F3N6O4/c25-24(26,27)15-3-1-2-14(6-15)21-29-10-20-22(31-21)33(17-4-5-32(20)11-17)23(36)30-16-7-19(9-28-8-16)37-13-18(35)12-34/h1-3,6-10,17-18,34-35H,4-5,11-13H2,(H,30,36)/t17?,18-/m1/s1. The summed E-state index contributed by atoms with van der Waals surface area (Å²) in [5, 5.41) is 21.2. The molecule has 1 aromatic carbocycles. The number of nitrogens with zero attached hydrogens (tertiary/aromatic N) is 5. The molecule has 0 aliphatic carbocycles. The first-order valence-electron chi connectivity index (χ1n) is 11.5. The van der Waals surface area contributed by atoms with Crippen molar-refractivity contribution in [3.8, 4) is 17.1 Å². The number of fused-ring (bicyclic) bond motifs is 4. The Hall–Kier alpha value is -3.97. The molecule has 4 heterocycles. The van der Waals surface area contributed by atoms with Crippen LogP contribution in [-0.2, 0) is 6.18 Å². The lowest BCUT2D eigenvalue weighted by atomic mass is 10.1. The number of anilines is 3. The number of nitrogens with one attached hydrogen (secondary N) is 1. The Morgan fingerprint density at radius 1 is 1.24 bits per heavy atom. The van der Waals surface area contributed by atoms with Crippen LogP contribution in [0.25, 0.3) is 11.4 Å². The molecule has 194 valence electrons. The molecule has 1 fully saturated rings. The summed E-state index contributed by atoms with van der Waals surface area (Å²) in [6.07, 6.45) is -0.527. The van der Waals surface area contributed by atoms with E-state index in [0.29, 0.717) is 36.7 Å². The Kier molecular flexibility index (Phi) is 6.56. The van der Waals surface area contributed by atoms with Crippen molar-refractivity contribution in [3.05, 3.63) is 54.5 Å². The third-order valence-corrected chi connectivity index (χ3v) is 6.13. The van der Waals surface area contributed by atoms with Crippen molar-refractivity contribution in [1.82, 2.24) is 15.0 Å². The smallest absolute Gasteiger partial charge is 0.416 e. The molecule has 0 saturated carbocycles. The number of amides is 2. The van der Waals surface area contributed by atoms with Crippen LogP contribution in [0.2, 0.25) is 0 Å². The molecule has 2 bridgehead atoms.